The SMILES string of the molecule is CCCc1c(C)n(C(C)C)c(=O)n1Cc1ccc(-c2cnccc2-c2nnn[nH]2)cc1. The number of hydrogen-bond donors (Lipinski definition) is 1. The molecule has 0 amide bonds. The highest BCUT2D eigenvalue weighted by molar-refractivity contribution is 5.79. The van der Waals surface area contributed by atoms with Gasteiger partial charge in [-0.25, -0.2) is 9.89 Å². The van der Waals surface area contributed by atoms with Crippen molar-refractivity contribution in [3.05, 3.63) is 70.2 Å². The van der Waals surface area contributed by atoms with E-state index in [9.17, 15) is 4.79 Å². The zero-order chi connectivity index (χ0) is 22.0. The predicted octanol–water partition coefficient (Wildman–Crippen LogP) is 3.78. The fourth-order valence-corrected chi connectivity index (χ4v) is 4.12. The van der Waals surface area contributed by atoms with Gasteiger partial charge in [-0.3, -0.25) is 14.1 Å². The minimum absolute atomic E-state index is 0.0624. The zero-order valence-electron chi connectivity index (χ0n) is 18.3. The monoisotopic (exact) mass is 417 g/mol. The summed E-state index contributed by atoms with van der Waals surface area (Å²) in [5.41, 5.74) is 6.18. The molecule has 1 aromatic carbocycles. The van der Waals surface area contributed by atoms with Crippen molar-refractivity contribution in [2.45, 2.75) is 53.1 Å². The molecule has 0 aliphatic heterocycles. The van der Waals surface area contributed by atoms with Crippen LogP contribution in [0.4, 0.5) is 0 Å². The smallest absolute Gasteiger partial charge is 0.294 e. The van der Waals surface area contributed by atoms with E-state index in [-0.39, 0.29) is 11.7 Å². The lowest BCUT2D eigenvalue weighted by Crippen LogP contribution is -2.27. The van der Waals surface area contributed by atoms with Gasteiger partial charge in [-0.15, -0.1) is 5.10 Å². The molecule has 4 rings (SSSR count). The molecule has 0 saturated heterocycles. The predicted molar refractivity (Wildman–Crippen MR) is 120 cm³/mol. The first kappa shape index (κ1) is 20.7. The standard InChI is InChI=1S/C23H27N7O/c1-5-6-21-16(4)30(15(2)3)23(31)29(21)14-17-7-9-18(10-8-17)20-13-24-12-11-19(20)22-25-27-28-26-22/h7-13,15H,5-6,14H2,1-4H3,(H,25,26,27,28). The number of tetrazole rings is 1. The lowest BCUT2D eigenvalue weighted by molar-refractivity contribution is 0.550. The summed E-state index contributed by atoms with van der Waals surface area (Å²) in [4.78, 5) is 17.4. The third kappa shape index (κ3) is 3.93. The van der Waals surface area contributed by atoms with Crippen molar-refractivity contribution in [2.24, 2.45) is 0 Å². The lowest BCUT2D eigenvalue weighted by atomic mass is 10.0. The van der Waals surface area contributed by atoms with Gasteiger partial charge in [0.25, 0.3) is 0 Å². The van der Waals surface area contributed by atoms with Crippen LogP contribution in [0.5, 0.6) is 0 Å². The Hall–Kier alpha value is -3.55. The summed E-state index contributed by atoms with van der Waals surface area (Å²) in [5, 5.41) is 14.2. The molecule has 160 valence electrons. The molecule has 0 saturated carbocycles. The summed E-state index contributed by atoms with van der Waals surface area (Å²) in [7, 11) is 0. The molecular weight excluding hydrogens is 390 g/mol. The summed E-state index contributed by atoms with van der Waals surface area (Å²) in [6.07, 6.45) is 5.42. The molecule has 1 N–H and O–H groups in total. The van der Waals surface area contributed by atoms with E-state index in [1.807, 2.05) is 28.3 Å². The highest BCUT2D eigenvalue weighted by Gasteiger charge is 2.18. The van der Waals surface area contributed by atoms with Crippen LogP contribution >= 0.6 is 0 Å². The van der Waals surface area contributed by atoms with Crippen molar-refractivity contribution in [1.82, 2.24) is 34.7 Å². The van der Waals surface area contributed by atoms with Gasteiger partial charge in [0.05, 0.1) is 6.54 Å². The number of nitrogens with zero attached hydrogens (tertiary/aromatic N) is 6. The number of rotatable bonds is 7. The van der Waals surface area contributed by atoms with Crippen molar-refractivity contribution in [1.29, 1.82) is 0 Å². The molecule has 8 nitrogen and oxygen atoms in total. The topological polar surface area (TPSA) is 94.3 Å². The fraction of sp³-hybridized carbons (Fsp3) is 0.348. The third-order valence-corrected chi connectivity index (χ3v) is 5.57. The third-order valence-electron chi connectivity index (χ3n) is 5.57. The Bertz CT molecular complexity index is 1220. The zero-order valence-corrected chi connectivity index (χ0v) is 18.3. The molecule has 0 unspecified atom stereocenters. The van der Waals surface area contributed by atoms with Crippen LogP contribution in [0.2, 0.25) is 0 Å². The van der Waals surface area contributed by atoms with Crippen LogP contribution in [0.3, 0.4) is 0 Å². The number of benzene rings is 1. The van der Waals surface area contributed by atoms with Crippen LogP contribution in [0.25, 0.3) is 22.5 Å². The Morgan fingerprint density at radius 1 is 1.10 bits per heavy atom. The molecule has 0 fully saturated rings. The van der Waals surface area contributed by atoms with Gasteiger partial charge in [0.15, 0.2) is 5.82 Å². The van der Waals surface area contributed by atoms with E-state index in [4.69, 9.17) is 0 Å². The van der Waals surface area contributed by atoms with Gasteiger partial charge in [-0.1, -0.05) is 37.6 Å². The van der Waals surface area contributed by atoms with Gasteiger partial charge in [0, 0.05) is 41.0 Å². The first-order valence-electron chi connectivity index (χ1n) is 10.6. The first-order valence-corrected chi connectivity index (χ1v) is 10.6. The maximum absolute atomic E-state index is 13.1. The number of H-pyrrole nitrogens is 1. The van der Waals surface area contributed by atoms with Gasteiger partial charge >= 0.3 is 5.69 Å². The number of aromatic nitrogens is 7. The fourth-order valence-electron chi connectivity index (χ4n) is 4.12. The maximum Gasteiger partial charge on any atom is 0.329 e. The number of imidazole rings is 1. The molecule has 8 heteroatoms. The van der Waals surface area contributed by atoms with E-state index in [1.54, 1.807) is 6.20 Å². The van der Waals surface area contributed by atoms with Gasteiger partial charge < -0.3 is 0 Å². The number of hydrogen-bond acceptors (Lipinski definition) is 5. The summed E-state index contributed by atoms with van der Waals surface area (Å²) in [6.45, 7) is 8.86. The second-order valence-electron chi connectivity index (χ2n) is 7.98. The summed E-state index contributed by atoms with van der Waals surface area (Å²) in [6, 6.07) is 10.3. The van der Waals surface area contributed by atoms with Crippen LogP contribution in [0.15, 0.2) is 47.5 Å². The van der Waals surface area contributed by atoms with E-state index in [0.29, 0.717) is 12.4 Å². The van der Waals surface area contributed by atoms with E-state index < -0.39 is 0 Å². The summed E-state index contributed by atoms with van der Waals surface area (Å²) in [5.74, 6) is 0.600. The van der Waals surface area contributed by atoms with Crippen molar-refractivity contribution in [3.8, 4) is 22.5 Å². The highest BCUT2D eigenvalue weighted by Crippen LogP contribution is 2.29. The largest absolute Gasteiger partial charge is 0.329 e. The van der Waals surface area contributed by atoms with E-state index in [0.717, 1.165) is 46.5 Å². The highest BCUT2D eigenvalue weighted by atomic mass is 16.1. The van der Waals surface area contributed by atoms with Gasteiger partial charge in [0.1, 0.15) is 0 Å². The number of aromatic amines is 1. The quantitative estimate of drug-likeness (QED) is 0.494. The Balaban J connectivity index is 1.67. The van der Waals surface area contributed by atoms with Gasteiger partial charge in [0.2, 0.25) is 0 Å². The van der Waals surface area contributed by atoms with Crippen molar-refractivity contribution in [3.63, 3.8) is 0 Å². The summed E-state index contributed by atoms with van der Waals surface area (Å²) >= 11 is 0. The number of nitrogens with one attached hydrogen (secondary N) is 1. The van der Waals surface area contributed by atoms with Gasteiger partial charge in [-0.05, 0) is 54.8 Å². The molecular formula is C23H27N7O. The Labute approximate surface area is 181 Å². The molecule has 3 aromatic heterocycles. The van der Waals surface area contributed by atoms with Crippen LogP contribution < -0.4 is 5.69 Å². The Kier molecular flexibility index (Phi) is 5.79. The molecule has 0 radical (unpaired) electrons. The number of pyridine rings is 1. The van der Waals surface area contributed by atoms with Crippen LogP contribution in [-0.4, -0.2) is 34.7 Å². The molecule has 0 spiro atoms. The van der Waals surface area contributed by atoms with Crippen molar-refractivity contribution in [2.75, 3.05) is 0 Å². The summed E-state index contributed by atoms with van der Waals surface area (Å²) < 4.78 is 3.82. The Morgan fingerprint density at radius 3 is 2.52 bits per heavy atom. The van der Waals surface area contributed by atoms with Crippen LogP contribution in [-0.2, 0) is 13.0 Å². The second kappa shape index (κ2) is 8.67. The molecule has 0 atom stereocenters. The van der Waals surface area contributed by atoms with Crippen molar-refractivity contribution >= 4 is 0 Å². The minimum Gasteiger partial charge on any atom is -0.294 e. The molecule has 31 heavy (non-hydrogen) atoms. The van der Waals surface area contributed by atoms with Gasteiger partial charge in [-0.2, -0.15) is 0 Å². The van der Waals surface area contributed by atoms with Crippen LogP contribution in [0, 0.1) is 6.92 Å². The molecule has 0 aliphatic rings. The molecule has 3 heterocycles. The molecule has 0 aliphatic carbocycles. The van der Waals surface area contributed by atoms with Crippen molar-refractivity contribution < 1.29 is 0 Å². The lowest BCUT2D eigenvalue weighted by Gasteiger charge is -2.10. The van der Waals surface area contributed by atoms with E-state index in [2.05, 4.69) is 70.6 Å². The first-order chi connectivity index (χ1) is 15.0. The minimum atomic E-state index is 0.0624. The van der Waals surface area contributed by atoms with E-state index in [1.165, 1.54) is 0 Å². The average molecular weight is 418 g/mol. The maximum atomic E-state index is 13.1. The normalized spacial score (nSPS) is 11.4. The molecule has 4 aromatic rings. The van der Waals surface area contributed by atoms with E-state index >= 15 is 0 Å². The van der Waals surface area contributed by atoms with Crippen LogP contribution in [0.1, 0.15) is 50.2 Å². The Morgan fingerprint density at radius 2 is 1.87 bits per heavy atom. The second-order valence-corrected chi connectivity index (χ2v) is 7.98. The average Bonchev–Trinajstić information content (AvgIpc) is 3.38. The molecule has 0 bridgehead atoms.